The molecule has 0 saturated carbocycles. The maximum Gasteiger partial charge on any atom is 0.202 e. The minimum atomic E-state index is -1.62. The van der Waals surface area contributed by atoms with Crippen LogP contribution in [-0.4, -0.2) is 99.2 Å². The van der Waals surface area contributed by atoms with Gasteiger partial charge in [-0.15, -0.1) is 0 Å². The highest BCUT2D eigenvalue weighted by Crippen LogP contribution is 2.29. The molecule has 3 unspecified atom stereocenters. The van der Waals surface area contributed by atoms with Crippen molar-refractivity contribution in [2.24, 2.45) is 0 Å². The summed E-state index contributed by atoms with van der Waals surface area (Å²) in [5, 5.41) is 59.2. The standard InChI is InChI=1S/C18H26O10/c19-7-11-14(22)15(23)16(24)18(27-11)28-17-10(21)6-13(26-12(17)8-20)25-9-4-2-1-3-5-9/h1-5,10-24H,6-8H2/t10-,11?,12?,13-,14-,15-,16?,17-,18-/m1/s1. The van der Waals surface area contributed by atoms with Crippen LogP contribution in [0.2, 0.25) is 0 Å². The third-order valence-electron chi connectivity index (χ3n) is 4.84. The zero-order valence-electron chi connectivity index (χ0n) is 15.0. The van der Waals surface area contributed by atoms with E-state index in [0.29, 0.717) is 5.75 Å². The number of aliphatic hydroxyl groups is 6. The van der Waals surface area contributed by atoms with Gasteiger partial charge in [0, 0.05) is 6.42 Å². The van der Waals surface area contributed by atoms with Crippen molar-refractivity contribution in [3.63, 3.8) is 0 Å². The van der Waals surface area contributed by atoms with Crippen molar-refractivity contribution in [1.82, 2.24) is 0 Å². The Morgan fingerprint density at radius 2 is 1.54 bits per heavy atom. The van der Waals surface area contributed by atoms with Crippen LogP contribution in [0.3, 0.4) is 0 Å². The molecule has 28 heavy (non-hydrogen) atoms. The predicted octanol–water partition coefficient (Wildman–Crippen LogP) is -2.28. The van der Waals surface area contributed by atoms with E-state index in [-0.39, 0.29) is 6.42 Å². The van der Waals surface area contributed by atoms with Crippen LogP contribution in [0.15, 0.2) is 30.3 Å². The number of rotatable bonds is 6. The molecule has 2 fully saturated rings. The van der Waals surface area contributed by atoms with Crippen LogP contribution >= 0.6 is 0 Å². The Bertz CT molecular complexity index is 599. The van der Waals surface area contributed by atoms with Crippen LogP contribution < -0.4 is 4.74 Å². The molecular weight excluding hydrogens is 376 g/mol. The molecule has 1 aromatic rings. The van der Waals surface area contributed by atoms with Gasteiger partial charge in [-0.25, -0.2) is 0 Å². The molecule has 0 radical (unpaired) electrons. The smallest absolute Gasteiger partial charge is 0.202 e. The van der Waals surface area contributed by atoms with Gasteiger partial charge in [0.05, 0.1) is 19.3 Å². The summed E-state index contributed by atoms with van der Waals surface area (Å²) >= 11 is 0. The van der Waals surface area contributed by atoms with Crippen LogP contribution in [0.1, 0.15) is 6.42 Å². The molecule has 2 heterocycles. The van der Waals surface area contributed by atoms with E-state index < -0.39 is 68.5 Å². The Morgan fingerprint density at radius 3 is 2.18 bits per heavy atom. The highest BCUT2D eigenvalue weighted by Gasteiger charge is 2.48. The first-order chi connectivity index (χ1) is 13.4. The summed E-state index contributed by atoms with van der Waals surface area (Å²) in [6, 6.07) is 8.83. The van der Waals surface area contributed by atoms with E-state index in [2.05, 4.69) is 0 Å². The maximum absolute atomic E-state index is 10.5. The van der Waals surface area contributed by atoms with Crippen LogP contribution in [0, 0.1) is 0 Å². The first-order valence-corrected chi connectivity index (χ1v) is 9.06. The molecule has 1 aromatic carbocycles. The van der Waals surface area contributed by atoms with E-state index in [0.717, 1.165) is 0 Å². The van der Waals surface area contributed by atoms with Gasteiger partial charge in [-0.3, -0.25) is 0 Å². The zero-order valence-corrected chi connectivity index (χ0v) is 15.0. The van der Waals surface area contributed by atoms with E-state index in [1.165, 1.54) is 0 Å². The second-order valence-corrected chi connectivity index (χ2v) is 6.82. The minimum Gasteiger partial charge on any atom is -0.465 e. The van der Waals surface area contributed by atoms with Gasteiger partial charge >= 0.3 is 0 Å². The summed E-state index contributed by atoms with van der Waals surface area (Å²) in [4.78, 5) is 0. The van der Waals surface area contributed by atoms with Crippen LogP contribution in [0.4, 0.5) is 0 Å². The zero-order chi connectivity index (χ0) is 20.3. The molecule has 0 aromatic heterocycles. The van der Waals surface area contributed by atoms with Gasteiger partial charge in [-0.05, 0) is 12.1 Å². The molecule has 2 aliphatic heterocycles. The molecule has 2 saturated heterocycles. The Morgan fingerprint density at radius 1 is 0.857 bits per heavy atom. The van der Waals surface area contributed by atoms with E-state index >= 15 is 0 Å². The summed E-state index contributed by atoms with van der Waals surface area (Å²) in [7, 11) is 0. The van der Waals surface area contributed by atoms with Crippen molar-refractivity contribution < 1.29 is 49.6 Å². The Kier molecular flexibility index (Phi) is 7.20. The fourth-order valence-electron chi connectivity index (χ4n) is 3.29. The van der Waals surface area contributed by atoms with Crippen molar-refractivity contribution >= 4 is 0 Å². The maximum atomic E-state index is 10.5. The fraction of sp³-hybridized carbons (Fsp3) is 0.667. The second-order valence-electron chi connectivity index (χ2n) is 6.82. The minimum absolute atomic E-state index is 0.0213. The van der Waals surface area contributed by atoms with Crippen molar-refractivity contribution in [1.29, 1.82) is 0 Å². The first kappa shape index (κ1) is 21.4. The third-order valence-corrected chi connectivity index (χ3v) is 4.84. The predicted molar refractivity (Wildman–Crippen MR) is 92.1 cm³/mol. The second kappa shape index (κ2) is 9.44. The summed E-state index contributed by atoms with van der Waals surface area (Å²) in [5.74, 6) is 0.532. The van der Waals surface area contributed by atoms with Crippen molar-refractivity contribution in [3.8, 4) is 5.75 Å². The van der Waals surface area contributed by atoms with Gasteiger partial charge in [0.2, 0.25) is 6.29 Å². The molecule has 0 spiro atoms. The lowest BCUT2D eigenvalue weighted by Gasteiger charge is -2.44. The Balaban J connectivity index is 1.65. The van der Waals surface area contributed by atoms with Crippen molar-refractivity contribution in [2.75, 3.05) is 13.2 Å². The van der Waals surface area contributed by atoms with Gasteiger partial charge in [0.1, 0.15) is 42.4 Å². The summed E-state index contributed by atoms with van der Waals surface area (Å²) in [6.45, 7) is -1.11. The largest absolute Gasteiger partial charge is 0.465 e. The molecular formula is C18H26O10. The van der Waals surface area contributed by atoms with Gasteiger partial charge in [0.15, 0.2) is 6.29 Å². The quantitative estimate of drug-likeness (QED) is 0.306. The highest BCUT2D eigenvalue weighted by molar-refractivity contribution is 5.21. The Hall–Kier alpha value is -1.34. The fourth-order valence-corrected chi connectivity index (χ4v) is 3.29. The van der Waals surface area contributed by atoms with E-state index in [1.54, 1.807) is 24.3 Å². The topological polar surface area (TPSA) is 158 Å². The van der Waals surface area contributed by atoms with Crippen molar-refractivity contribution in [3.05, 3.63) is 30.3 Å². The molecule has 158 valence electrons. The van der Waals surface area contributed by atoms with E-state index in [4.69, 9.17) is 18.9 Å². The molecule has 0 bridgehead atoms. The van der Waals surface area contributed by atoms with Crippen LogP contribution in [0.25, 0.3) is 0 Å². The number of aliphatic hydroxyl groups excluding tert-OH is 6. The monoisotopic (exact) mass is 402 g/mol. The van der Waals surface area contributed by atoms with Crippen LogP contribution in [-0.2, 0) is 14.2 Å². The molecule has 0 aliphatic carbocycles. The normalized spacial score (nSPS) is 41.6. The highest BCUT2D eigenvalue weighted by atomic mass is 16.7. The summed E-state index contributed by atoms with van der Waals surface area (Å²) in [5.41, 5.74) is 0. The average Bonchev–Trinajstić information content (AvgIpc) is 2.70. The lowest BCUT2D eigenvalue weighted by molar-refractivity contribution is -0.340. The first-order valence-electron chi connectivity index (χ1n) is 9.06. The van der Waals surface area contributed by atoms with Gasteiger partial charge in [-0.1, -0.05) is 18.2 Å². The molecule has 10 heteroatoms. The molecule has 0 amide bonds. The SMILES string of the molecule is OCC1O[C@H](O[C@H]2C(CO)O[C@@H](Oc3ccccc3)C[C@H]2O)C(O)[C@H](O)[C@@H]1O. The van der Waals surface area contributed by atoms with E-state index in [9.17, 15) is 30.6 Å². The van der Waals surface area contributed by atoms with Crippen LogP contribution in [0.5, 0.6) is 5.75 Å². The molecule has 3 rings (SSSR count). The number of hydrogen-bond donors (Lipinski definition) is 6. The van der Waals surface area contributed by atoms with E-state index in [1.807, 2.05) is 6.07 Å². The number of para-hydroxylation sites is 1. The number of hydrogen-bond acceptors (Lipinski definition) is 10. The average molecular weight is 402 g/mol. The molecule has 9 atom stereocenters. The number of ether oxygens (including phenoxy) is 4. The lowest BCUT2D eigenvalue weighted by Crippen LogP contribution is -2.62. The molecule has 10 nitrogen and oxygen atoms in total. The van der Waals surface area contributed by atoms with Gasteiger partial charge < -0.3 is 49.6 Å². The summed E-state index contributed by atoms with van der Waals surface area (Å²) < 4.78 is 22.1. The van der Waals surface area contributed by atoms with Gasteiger partial charge in [-0.2, -0.15) is 0 Å². The molecule has 2 aliphatic rings. The molecule has 6 N–H and O–H groups in total. The summed E-state index contributed by atoms with van der Waals surface area (Å²) in [6.07, 6.45) is -11.4. The third kappa shape index (κ3) is 4.62. The van der Waals surface area contributed by atoms with Crippen molar-refractivity contribution in [2.45, 2.75) is 61.7 Å². The number of benzene rings is 1. The lowest BCUT2D eigenvalue weighted by atomic mass is 9.98. The van der Waals surface area contributed by atoms with Gasteiger partial charge in [0.25, 0.3) is 0 Å². The Labute approximate surface area is 161 Å².